The van der Waals surface area contributed by atoms with Gasteiger partial charge in [-0.2, -0.15) is 0 Å². The number of hydrogen-bond acceptors (Lipinski definition) is 4. The molecule has 1 aromatic heterocycles. The van der Waals surface area contributed by atoms with Gasteiger partial charge in [-0.25, -0.2) is 0 Å². The summed E-state index contributed by atoms with van der Waals surface area (Å²) in [4.78, 5) is 13.8. The molecule has 0 amide bonds. The molecule has 1 fully saturated rings. The monoisotopic (exact) mass is 241 g/mol. The van der Waals surface area contributed by atoms with Gasteiger partial charge in [0, 0.05) is 29.7 Å². The van der Waals surface area contributed by atoms with Crippen LogP contribution in [0.15, 0.2) is 10.2 Å². The predicted octanol–water partition coefficient (Wildman–Crippen LogP) is 1.06. The Labute approximate surface area is 99.5 Å². The lowest BCUT2D eigenvalue weighted by molar-refractivity contribution is 0.438. The van der Waals surface area contributed by atoms with Crippen molar-refractivity contribution in [3.05, 3.63) is 20.7 Å². The fourth-order valence-corrected chi connectivity index (χ4v) is 2.73. The summed E-state index contributed by atoms with van der Waals surface area (Å²) in [5.74, 6) is 0. The summed E-state index contributed by atoms with van der Waals surface area (Å²) in [5, 5.41) is 8.81. The van der Waals surface area contributed by atoms with Crippen molar-refractivity contribution in [2.45, 2.75) is 44.8 Å². The lowest BCUT2D eigenvalue weighted by Crippen LogP contribution is -2.33. The lowest BCUT2D eigenvalue weighted by atomic mass is 10.1. The van der Waals surface area contributed by atoms with Gasteiger partial charge in [0.1, 0.15) is 0 Å². The minimum atomic E-state index is 0.0295. The third kappa shape index (κ3) is 3.43. The molecule has 2 heterocycles. The Balaban J connectivity index is 1.70. The van der Waals surface area contributed by atoms with Gasteiger partial charge in [-0.15, -0.1) is 0 Å². The highest BCUT2D eigenvalue weighted by molar-refractivity contribution is 7.07. The normalized spacial score (nSPS) is 22.4. The summed E-state index contributed by atoms with van der Waals surface area (Å²) in [7, 11) is 0. The van der Waals surface area contributed by atoms with Crippen molar-refractivity contribution in [3.8, 4) is 0 Å². The van der Waals surface area contributed by atoms with Crippen LogP contribution < -0.4 is 15.5 Å². The van der Waals surface area contributed by atoms with Crippen molar-refractivity contribution >= 4 is 11.3 Å². The van der Waals surface area contributed by atoms with E-state index in [-0.39, 0.29) is 4.87 Å². The van der Waals surface area contributed by atoms with Crippen LogP contribution in [-0.4, -0.2) is 23.6 Å². The minimum absolute atomic E-state index is 0.0295. The van der Waals surface area contributed by atoms with Gasteiger partial charge in [-0.3, -0.25) is 4.79 Å². The molecule has 1 aromatic rings. The SMILES string of the molecule is CC(CC1CCCN1)NCc1csc(=O)[nH]1. The number of aromatic amines is 1. The summed E-state index contributed by atoms with van der Waals surface area (Å²) in [5.41, 5.74) is 0.987. The fourth-order valence-electron chi connectivity index (χ4n) is 2.15. The van der Waals surface area contributed by atoms with Crippen LogP contribution in [0.3, 0.4) is 0 Å². The highest BCUT2D eigenvalue weighted by atomic mass is 32.1. The Hall–Kier alpha value is -0.650. The summed E-state index contributed by atoms with van der Waals surface area (Å²) in [6.07, 6.45) is 3.75. The first-order valence-electron chi connectivity index (χ1n) is 5.87. The Morgan fingerprint density at radius 3 is 3.19 bits per heavy atom. The molecule has 3 N–H and O–H groups in total. The van der Waals surface area contributed by atoms with Crippen LogP contribution in [0.4, 0.5) is 0 Å². The third-order valence-corrected chi connectivity index (χ3v) is 3.73. The number of nitrogens with one attached hydrogen (secondary N) is 3. The van der Waals surface area contributed by atoms with Crippen LogP contribution in [0.25, 0.3) is 0 Å². The van der Waals surface area contributed by atoms with Crippen LogP contribution in [0.5, 0.6) is 0 Å². The molecule has 1 aliphatic rings. The van der Waals surface area contributed by atoms with E-state index in [0.29, 0.717) is 12.1 Å². The zero-order valence-electron chi connectivity index (χ0n) is 9.58. The van der Waals surface area contributed by atoms with E-state index < -0.39 is 0 Å². The molecule has 2 atom stereocenters. The number of thiazole rings is 1. The van der Waals surface area contributed by atoms with E-state index in [1.807, 2.05) is 5.38 Å². The molecule has 0 saturated carbocycles. The molecule has 2 rings (SSSR count). The van der Waals surface area contributed by atoms with Gasteiger partial charge in [0.2, 0.25) is 0 Å². The van der Waals surface area contributed by atoms with Crippen LogP contribution in [0, 0.1) is 0 Å². The van der Waals surface area contributed by atoms with Crippen molar-refractivity contribution in [1.82, 2.24) is 15.6 Å². The highest BCUT2D eigenvalue weighted by Gasteiger charge is 2.16. The number of aromatic nitrogens is 1. The summed E-state index contributed by atoms with van der Waals surface area (Å²) >= 11 is 1.23. The van der Waals surface area contributed by atoms with Crippen molar-refractivity contribution < 1.29 is 0 Å². The quantitative estimate of drug-likeness (QED) is 0.722. The van der Waals surface area contributed by atoms with Gasteiger partial charge >= 0.3 is 4.87 Å². The maximum absolute atomic E-state index is 10.9. The number of H-pyrrole nitrogens is 1. The molecule has 16 heavy (non-hydrogen) atoms. The van der Waals surface area contributed by atoms with Gasteiger partial charge in [0.05, 0.1) is 0 Å². The molecule has 90 valence electrons. The first kappa shape index (κ1) is 11.8. The second-order valence-electron chi connectivity index (χ2n) is 4.48. The second kappa shape index (κ2) is 5.61. The largest absolute Gasteiger partial charge is 0.315 e. The Morgan fingerprint density at radius 1 is 1.69 bits per heavy atom. The second-order valence-corrected chi connectivity index (χ2v) is 5.33. The van der Waals surface area contributed by atoms with Crippen LogP contribution >= 0.6 is 11.3 Å². The standard InChI is InChI=1S/C11H19N3OS/c1-8(5-9-3-2-4-12-9)13-6-10-7-16-11(15)14-10/h7-9,12-13H,2-6H2,1H3,(H,14,15). The van der Waals surface area contributed by atoms with Crippen LogP contribution in [0.2, 0.25) is 0 Å². The molecule has 2 unspecified atom stereocenters. The number of rotatable bonds is 5. The van der Waals surface area contributed by atoms with Gasteiger partial charge in [-0.1, -0.05) is 11.3 Å². The fraction of sp³-hybridized carbons (Fsp3) is 0.727. The zero-order chi connectivity index (χ0) is 11.4. The Kier molecular flexibility index (Phi) is 4.15. The van der Waals surface area contributed by atoms with E-state index in [4.69, 9.17) is 0 Å². The molecule has 4 nitrogen and oxygen atoms in total. The lowest BCUT2D eigenvalue weighted by Gasteiger charge is -2.17. The van der Waals surface area contributed by atoms with Crippen LogP contribution in [-0.2, 0) is 6.54 Å². The average Bonchev–Trinajstić information content (AvgIpc) is 2.87. The summed E-state index contributed by atoms with van der Waals surface area (Å²) in [6, 6.07) is 1.16. The Bertz CT molecular complexity index is 367. The van der Waals surface area contributed by atoms with Gasteiger partial charge in [0.25, 0.3) is 0 Å². The van der Waals surface area contributed by atoms with Gasteiger partial charge in [-0.05, 0) is 32.7 Å². The average molecular weight is 241 g/mol. The molecule has 5 heteroatoms. The van der Waals surface area contributed by atoms with E-state index in [1.165, 1.54) is 24.2 Å². The first-order valence-corrected chi connectivity index (χ1v) is 6.75. The predicted molar refractivity (Wildman–Crippen MR) is 66.9 cm³/mol. The van der Waals surface area contributed by atoms with Crippen molar-refractivity contribution in [2.24, 2.45) is 0 Å². The smallest absolute Gasteiger partial charge is 0.304 e. The third-order valence-electron chi connectivity index (χ3n) is 3.01. The molecular weight excluding hydrogens is 222 g/mol. The van der Waals surface area contributed by atoms with Crippen LogP contribution in [0.1, 0.15) is 31.9 Å². The Morgan fingerprint density at radius 2 is 2.56 bits per heavy atom. The molecule has 0 aliphatic carbocycles. The van der Waals surface area contributed by atoms with E-state index in [2.05, 4.69) is 22.5 Å². The van der Waals surface area contributed by atoms with Crippen molar-refractivity contribution in [3.63, 3.8) is 0 Å². The molecule has 0 radical (unpaired) electrons. The maximum Gasteiger partial charge on any atom is 0.304 e. The van der Waals surface area contributed by atoms with Gasteiger partial charge in [0.15, 0.2) is 0 Å². The maximum atomic E-state index is 10.9. The molecule has 0 aromatic carbocycles. The minimum Gasteiger partial charge on any atom is -0.315 e. The van der Waals surface area contributed by atoms with E-state index in [1.54, 1.807) is 0 Å². The molecule has 0 spiro atoms. The summed E-state index contributed by atoms with van der Waals surface area (Å²) in [6.45, 7) is 4.12. The topological polar surface area (TPSA) is 56.9 Å². The molecular formula is C11H19N3OS. The highest BCUT2D eigenvalue weighted by Crippen LogP contribution is 2.11. The van der Waals surface area contributed by atoms with Gasteiger partial charge < -0.3 is 15.6 Å². The number of hydrogen-bond donors (Lipinski definition) is 3. The van der Waals surface area contributed by atoms with E-state index >= 15 is 0 Å². The first-order chi connectivity index (χ1) is 7.74. The molecule has 1 saturated heterocycles. The van der Waals surface area contributed by atoms with E-state index in [9.17, 15) is 4.79 Å². The molecule has 0 bridgehead atoms. The molecule has 1 aliphatic heterocycles. The summed E-state index contributed by atoms with van der Waals surface area (Å²) < 4.78 is 0. The van der Waals surface area contributed by atoms with Crippen molar-refractivity contribution in [1.29, 1.82) is 0 Å². The zero-order valence-corrected chi connectivity index (χ0v) is 10.4. The van der Waals surface area contributed by atoms with Crippen molar-refractivity contribution in [2.75, 3.05) is 6.54 Å². The van der Waals surface area contributed by atoms with E-state index in [0.717, 1.165) is 25.2 Å².